The maximum atomic E-state index is 3.61. The van der Waals surface area contributed by atoms with Crippen molar-refractivity contribution in [3.63, 3.8) is 0 Å². The van der Waals surface area contributed by atoms with Gasteiger partial charge in [-0.2, -0.15) is 0 Å². The van der Waals surface area contributed by atoms with E-state index in [1.54, 1.807) is 0 Å². The molecule has 1 N–H and O–H groups in total. The van der Waals surface area contributed by atoms with Crippen molar-refractivity contribution in [2.45, 2.75) is 25.8 Å². The first-order valence-corrected chi connectivity index (χ1v) is 6.17. The molecule has 1 unspecified atom stereocenters. The van der Waals surface area contributed by atoms with Gasteiger partial charge in [-0.1, -0.05) is 39.7 Å². The van der Waals surface area contributed by atoms with Crippen molar-refractivity contribution in [1.82, 2.24) is 5.32 Å². The van der Waals surface area contributed by atoms with Crippen molar-refractivity contribution in [2.75, 3.05) is 7.05 Å². The number of likely N-dealkylation sites (N-methyl/N-ethyl adjacent to an activating group) is 1. The standard InChI is InChI=1S/C13H16BrN/c1-9(15-2)10-6-7-12-11(8-10)4-3-5-13(12)14/h3-5,8-9,15H,6-7H2,1-2H3. The van der Waals surface area contributed by atoms with Crippen molar-refractivity contribution in [1.29, 1.82) is 0 Å². The van der Waals surface area contributed by atoms with Gasteiger partial charge in [0.15, 0.2) is 0 Å². The van der Waals surface area contributed by atoms with Crippen molar-refractivity contribution < 1.29 is 0 Å². The quantitative estimate of drug-likeness (QED) is 0.865. The van der Waals surface area contributed by atoms with Crippen LogP contribution in [0.5, 0.6) is 0 Å². The van der Waals surface area contributed by atoms with Gasteiger partial charge in [-0.15, -0.1) is 0 Å². The maximum absolute atomic E-state index is 3.61. The molecule has 0 radical (unpaired) electrons. The first kappa shape index (κ1) is 10.9. The number of hydrogen-bond donors (Lipinski definition) is 1. The third-order valence-corrected chi connectivity index (χ3v) is 3.89. The van der Waals surface area contributed by atoms with Gasteiger partial charge in [0.25, 0.3) is 0 Å². The van der Waals surface area contributed by atoms with Gasteiger partial charge >= 0.3 is 0 Å². The summed E-state index contributed by atoms with van der Waals surface area (Å²) >= 11 is 3.61. The van der Waals surface area contributed by atoms with Crippen molar-refractivity contribution in [2.24, 2.45) is 0 Å². The molecule has 2 heteroatoms. The molecule has 15 heavy (non-hydrogen) atoms. The van der Waals surface area contributed by atoms with Gasteiger partial charge in [-0.25, -0.2) is 0 Å². The first-order chi connectivity index (χ1) is 7.22. The Bertz CT molecular complexity index is 396. The van der Waals surface area contributed by atoms with Crippen LogP contribution in [0.15, 0.2) is 28.2 Å². The summed E-state index contributed by atoms with van der Waals surface area (Å²) in [6.45, 7) is 2.22. The highest BCUT2D eigenvalue weighted by Gasteiger charge is 2.15. The first-order valence-electron chi connectivity index (χ1n) is 5.37. The lowest BCUT2D eigenvalue weighted by Gasteiger charge is -2.22. The van der Waals surface area contributed by atoms with Crippen LogP contribution in [0.4, 0.5) is 0 Å². The number of benzene rings is 1. The summed E-state index contributed by atoms with van der Waals surface area (Å²) in [5, 5.41) is 3.30. The van der Waals surface area contributed by atoms with Crippen molar-refractivity contribution in [3.05, 3.63) is 39.4 Å². The molecule has 80 valence electrons. The number of hydrogen-bond acceptors (Lipinski definition) is 1. The summed E-state index contributed by atoms with van der Waals surface area (Å²) in [4.78, 5) is 0. The van der Waals surface area contributed by atoms with Gasteiger partial charge in [0, 0.05) is 10.5 Å². The number of nitrogens with one attached hydrogen (secondary N) is 1. The lowest BCUT2D eigenvalue weighted by atomic mass is 9.89. The smallest absolute Gasteiger partial charge is 0.0251 e. The number of rotatable bonds is 2. The molecule has 0 saturated carbocycles. The number of fused-ring (bicyclic) bond motifs is 1. The van der Waals surface area contributed by atoms with E-state index in [9.17, 15) is 0 Å². The molecule has 0 spiro atoms. The second kappa shape index (κ2) is 4.50. The summed E-state index contributed by atoms with van der Waals surface area (Å²) in [7, 11) is 2.02. The molecule has 0 saturated heterocycles. The zero-order valence-corrected chi connectivity index (χ0v) is 10.8. The highest BCUT2D eigenvalue weighted by molar-refractivity contribution is 9.10. The molecule has 1 atom stereocenters. The van der Waals surface area contributed by atoms with Gasteiger partial charge < -0.3 is 5.32 Å². The van der Waals surface area contributed by atoms with Crippen LogP contribution in [0.1, 0.15) is 24.5 Å². The number of halogens is 1. The van der Waals surface area contributed by atoms with E-state index in [2.05, 4.69) is 52.4 Å². The Balaban J connectivity index is 2.37. The normalized spacial score (nSPS) is 16.9. The minimum absolute atomic E-state index is 0.483. The minimum Gasteiger partial charge on any atom is -0.314 e. The maximum Gasteiger partial charge on any atom is 0.0251 e. The van der Waals surface area contributed by atoms with E-state index >= 15 is 0 Å². The largest absolute Gasteiger partial charge is 0.314 e. The lowest BCUT2D eigenvalue weighted by molar-refractivity contribution is 0.659. The Hall–Kier alpha value is -0.600. The molecule has 2 rings (SSSR count). The van der Waals surface area contributed by atoms with Crippen LogP contribution >= 0.6 is 15.9 Å². The molecule has 1 aromatic rings. The Morgan fingerprint density at radius 2 is 2.13 bits per heavy atom. The average Bonchev–Trinajstić information content (AvgIpc) is 2.28. The zero-order valence-electron chi connectivity index (χ0n) is 9.18. The molecule has 0 amide bonds. The van der Waals surface area contributed by atoms with Crippen LogP contribution in [-0.2, 0) is 6.42 Å². The molecule has 1 aliphatic rings. The van der Waals surface area contributed by atoms with Gasteiger partial charge in [-0.05, 0) is 44.0 Å². The van der Waals surface area contributed by atoms with Gasteiger partial charge in [0.1, 0.15) is 0 Å². The monoisotopic (exact) mass is 265 g/mol. The average molecular weight is 266 g/mol. The van der Waals surface area contributed by atoms with Crippen LogP contribution in [0.2, 0.25) is 0 Å². The van der Waals surface area contributed by atoms with Gasteiger partial charge in [-0.3, -0.25) is 0 Å². The highest BCUT2D eigenvalue weighted by atomic mass is 79.9. The van der Waals surface area contributed by atoms with Crippen LogP contribution in [-0.4, -0.2) is 13.1 Å². The van der Waals surface area contributed by atoms with E-state index in [1.165, 1.54) is 21.2 Å². The molecule has 0 aliphatic heterocycles. The summed E-state index contributed by atoms with van der Waals surface area (Å²) in [6.07, 6.45) is 4.64. The third-order valence-electron chi connectivity index (χ3n) is 3.15. The fraction of sp³-hybridized carbons (Fsp3) is 0.385. The summed E-state index contributed by atoms with van der Waals surface area (Å²) in [5.74, 6) is 0. The summed E-state index contributed by atoms with van der Waals surface area (Å²) in [6, 6.07) is 6.91. The lowest BCUT2D eigenvalue weighted by Crippen LogP contribution is -2.24. The van der Waals surface area contributed by atoms with Crippen molar-refractivity contribution in [3.8, 4) is 0 Å². The fourth-order valence-corrected chi connectivity index (χ4v) is 2.62. The topological polar surface area (TPSA) is 12.0 Å². The second-order valence-electron chi connectivity index (χ2n) is 4.04. The van der Waals surface area contributed by atoms with Crippen LogP contribution < -0.4 is 5.32 Å². The molecule has 0 aromatic heterocycles. The van der Waals surface area contributed by atoms with Gasteiger partial charge in [0.05, 0.1) is 0 Å². The highest BCUT2D eigenvalue weighted by Crippen LogP contribution is 2.30. The third kappa shape index (κ3) is 2.16. The molecule has 1 nitrogen and oxygen atoms in total. The SMILES string of the molecule is CNC(C)C1=Cc2cccc(Br)c2CC1. The van der Waals surface area contributed by atoms with E-state index in [-0.39, 0.29) is 0 Å². The van der Waals surface area contributed by atoms with E-state index in [0.717, 1.165) is 12.8 Å². The molecular formula is C13H16BrN. The van der Waals surface area contributed by atoms with E-state index in [4.69, 9.17) is 0 Å². The summed E-state index contributed by atoms with van der Waals surface area (Å²) in [5.41, 5.74) is 4.32. The predicted molar refractivity (Wildman–Crippen MR) is 69.0 cm³/mol. The summed E-state index contributed by atoms with van der Waals surface area (Å²) < 4.78 is 1.24. The zero-order chi connectivity index (χ0) is 10.8. The predicted octanol–water partition coefficient (Wildman–Crippen LogP) is 3.39. The Labute approximate surface area is 99.7 Å². The van der Waals surface area contributed by atoms with Crippen LogP contribution in [0.25, 0.3) is 6.08 Å². The van der Waals surface area contributed by atoms with Crippen molar-refractivity contribution >= 4 is 22.0 Å². The van der Waals surface area contributed by atoms with E-state index in [0.29, 0.717) is 6.04 Å². The van der Waals surface area contributed by atoms with Crippen LogP contribution in [0.3, 0.4) is 0 Å². The second-order valence-corrected chi connectivity index (χ2v) is 4.89. The Morgan fingerprint density at radius 3 is 2.87 bits per heavy atom. The molecule has 0 heterocycles. The fourth-order valence-electron chi connectivity index (χ4n) is 2.04. The molecule has 1 aliphatic carbocycles. The van der Waals surface area contributed by atoms with E-state index in [1.807, 2.05) is 7.05 Å². The van der Waals surface area contributed by atoms with E-state index < -0.39 is 0 Å². The Morgan fingerprint density at radius 1 is 1.33 bits per heavy atom. The van der Waals surface area contributed by atoms with Gasteiger partial charge in [0.2, 0.25) is 0 Å². The molecule has 1 aromatic carbocycles. The minimum atomic E-state index is 0.483. The molecule has 0 fully saturated rings. The van der Waals surface area contributed by atoms with Crippen LogP contribution in [0, 0.1) is 0 Å². The molecular weight excluding hydrogens is 250 g/mol. The Kier molecular flexibility index (Phi) is 3.27. The molecule has 0 bridgehead atoms.